The average molecular weight is 361 g/mol. The van der Waals surface area contributed by atoms with Crippen LogP contribution in [0.3, 0.4) is 0 Å². The first-order valence-electron chi connectivity index (χ1n) is 8.06. The first-order valence-corrected chi connectivity index (χ1v) is 8.06. The molecule has 136 valence electrons. The van der Waals surface area contributed by atoms with E-state index in [1.54, 1.807) is 24.3 Å². The van der Waals surface area contributed by atoms with Gasteiger partial charge in [-0.05, 0) is 34.5 Å². The molecule has 1 heterocycles. The van der Waals surface area contributed by atoms with E-state index in [0.717, 1.165) is 5.39 Å². The number of fused-ring (bicyclic) bond motifs is 1. The summed E-state index contributed by atoms with van der Waals surface area (Å²) >= 11 is 0. The van der Waals surface area contributed by atoms with Gasteiger partial charge in [-0.1, -0.05) is 37.3 Å². The number of benzene rings is 2. The van der Waals surface area contributed by atoms with Crippen molar-refractivity contribution < 1.29 is 23.0 Å². The van der Waals surface area contributed by atoms with E-state index >= 15 is 0 Å². The molecule has 0 aliphatic heterocycles. The summed E-state index contributed by atoms with van der Waals surface area (Å²) < 4.78 is 47.5. The fourth-order valence-corrected chi connectivity index (χ4v) is 3.37. The van der Waals surface area contributed by atoms with Crippen LogP contribution in [0.15, 0.2) is 60.9 Å². The van der Waals surface area contributed by atoms with Crippen molar-refractivity contribution in [2.45, 2.75) is 24.6 Å². The molecule has 1 aromatic heterocycles. The molecule has 6 heteroatoms. The molecule has 0 aliphatic carbocycles. The standard InChI is InChI=1S/C20H18F3NO2/c1-13(19(25,20(21,22)23)15-9-11-24-12-10-15)18-16-6-4-3-5-14(16)7-8-17(18)26-2/h3-13,25H,1-2H3. The van der Waals surface area contributed by atoms with Crippen LogP contribution in [0.4, 0.5) is 13.2 Å². The zero-order chi connectivity index (χ0) is 18.9. The highest BCUT2D eigenvalue weighted by Gasteiger charge is 2.59. The van der Waals surface area contributed by atoms with Crippen LogP contribution >= 0.6 is 0 Å². The third-order valence-electron chi connectivity index (χ3n) is 4.76. The molecule has 0 spiro atoms. The molecule has 0 amide bonds. The monoisotopic (exact) mass is 361 g/mol. The highest BCUT2D eigenvalue weighted by atomic mass is 19.4. The Morgan fingerprint density at radius 2 is 1.65 bits per heavy atom. The quantitative estimate of drug-likeness (QED) is 0.726. The van der Waals surface area contributed by atoms with E-state index in [9.17, 15) is 18.3 Å². The van der Waals surface area contributed by atoms with Gasteiger partial charge >= 0.3 is 6.18 Å². The maximum absolute atomic E-state index is 14.1. The zero-order valence-electron chi connectivity index (χ0n) is 14.3. The number of hydrogen-bond donors (Lipinski definition) is 1. The topological polar surface area (TPSA) is 42.4 Å². The summed E-state index contributed by atoms with van der Waals surface area (Å²) in [6.45, 7) is 1.36. The lowest BCUT2D eigenvalue weighted by molar-refractivity contribution is -0.274. The van der Waals surface area contributed by atoms with Crippen molar-refractivity contribution in [3.05, 3.63) is 72.1 Å². The Hall–Kier alpha value is -2.60. The molecule has 3 aromatic rings. The van der Waals surface area contributed by atoms with Crippen molar-refractivity contribution in [3.63, 3.8) is 0 Å². The van der Waals surface area contributed by atoms with Crippen molar-refractivity contribution in [2.75, 3.05) is 7.11 Å². The molecule has 2 unspecified atom stereocenters. The highest BCUT2D eigenvalue weighted by molar-refractivity contribution is 5.88. The molecule has 0 radical (unpaired) electrons. The predicted molar refractivity (Wildman–Crippen MR) is 93.1 cm³/mol. The third kappa shape index (κ3) is 2.80. The van der Waals surface area contributed by atoms with Crippen molar-refractivity contribution in [2.24, 2.45) is 0 Å². The molecule has 26 heavy (non-hydrogen) atoms. The fourth-order valence-electron chi connectivity index (χ4n) is 3.37. The summed E-state index contributed by atoms with van der Waals surface area (Å²) in [5.41, 5.74) is -3.04. The molecule has 0 aliphatic rings. The van der Waals surface area contributed by atoms with E-state index in [0.29, 0.717) is 16.7 Å². The number of nitrogens with zero attached hydrogens (tertiary/aromatic N) is 1. The van der Waals surface area contributed by atoms with Crippen LogP contribution in [0.5, 0.6) is 5.75 Å². The van der Waals surface area contributed by atoms with Gasteiger partial charge in [0, 0.05) is 23.9 Å². The van der Waals surface area contributed by atoms with Gasteiger partial charge in [-0.3, -0.25) is 4.98 Å². The minimum absolute atomic E-state index is 0.262. The fraction of sp³-hybridized carbons (Fsp3) is 0.250. The van der Waals surface area contributed by atoms with Gasteiger partial charge in [0.05, 0.1) is 7.11 Å². The zero-order valence-corrected chi connectivity index (χ0v) is 14.3. The Bertz CT molecular complexity index is 912. The second-order valence-corrected chi connectivity index (χ2v) is 6.12. The van der Waals surface area contributed by atoms with E-state index < -0.39 is 17.7 Å². The second-order valence-electron chi connectivity index (χ2n) is 6.12. The molecule has 3 nitrogen and oxygen atoms in total. The van der Waals surface area contributed by atoms with Crippen LogP contribution in [0.2, 0.25) is 0 Å². The first kappa shape index (κ1) is 18.2. The second kappa shape index (κ2) is 6.61. The van der Waals surface area contributed by atoms with Gasteiger partial charge < -0.3 is 9.84 Å². The van der Waals surface area contributed by atoms with Crippen molar-refractivity contribution >= 4 is 10.8 Å². The number of rotatable bonds is 4. The number of halogens is 3. The Balaban J connectivity index is 2.30. The number of aliphatic hydroxyl groups is 1. The molecular formula is C20H18F3NO2. The maximum Gasteiger partial charge on any atom is 0.422 e. The van der Waals surface area contributed by atoms with Crippen LogP contribution in [0, 0.1) is 0 Å². The van der Waals surface area contributed by atoms with Crippen LogP contribution in [0.25, 0.3) is 10.8 Å². The summed E-state index contributed by atoms with van der Waals surface area (Å²) in [7, 11) is 1.40. The Labute approximate surface area is 149 Å². The van der Waals surface area contributed by atoms with Crippen LogP contribution in [-0.2, 0) is 5.60 Å². The van der Waals surface area contributed by atoms with Gasteiger partial charge in [0.25, 0.3) is 0 Å². The SMILES string of the molecule is COc1ccc2ccccc2c1C(C)C(O)(c1ccncc1)C(F)(F)F. The molecule has 1 N–H and O–H groups in total. The summed E-state index contributed by atoms with van der Waals surface area (Å²) in [4.78, 5) is 3.75. The smallest absolute Gasteiger partial charge is 0.422 e. The van der Waals surface area contributed by atoms with Crippen LogP contribution < -0.4 is 4.74 Å². The maximum atomic E-state index is 14.1. The number of aromatic nitrogens is 1. The normalized spacial score (nSPS) is 15.5. The van der Waals surface area contributed by atoms with Gasteiger partial charge in [0.2, 0.25) is 0 Å². The summed E-state index contributed by atoms with van der Waals surface area (Å²) in [5, 5.41) is 12.3. The van der Waals surface area contributed by atoms with E-state index in [-0.39, 0.29) is 5.56 Å². The lowest BCUT2D eigenvalue weighted by atomic mass is 9.76. The summed E-state index contributed by atoms with van der Waals surface area (Å²) in [6, 6.07) is 12.9. The molecule has 0 saturated carbocycles. The summed E-state index contributed by atoms with van der Waals surface area (Å²) in [6.07, 6.45) is -2.42. The first-order chi connectivity index (χ1) is 12.3. The Morgan fingerprint density at radius 3 is 2.27 bits per heavy atom. The number of alkyl halides is 3. The number of hydrogen-bond acceptors (Lipinski definition) is 3. The van der Waals surface area contributed by atoms with Crippen LogP contribution in [0.1, 0.15) is 24.0 Å². The molecule has 0 bridgehead atoms. The number of pyridine rings is 1. The number of methoxy groups -OCH3 is 1. The molecule has 0 saturated heterocycles. The van der Waals surface area contributed by atoms with Crippen LogP contribution in [-0.4, -0.2) is 23.4 Å². The summed E-state index contributed by atoms with van der Waals surface area (Å²) in [5.74, 6) is -1.01. The van der Waals surface area contributed by atoms with Gasteiger partial charge in [-0.15, -0.1) is 0 Å². The lowest BCUT2D eigenvalue weighted by Gasteiger charge is -2.37. The van der Waals surface area contributed by atoms with Crippen molar-refractivity contribution in [3.8, 4) is 5.75 Å². The highest BCUT2D eigenvalue weighted by Crippen LogP contribution is 2.51. The van der Waals surface area contributed by atoms with E-state index in [4.69, 9.17) is 4.74 Å². The molecule has 3 rings (SSSR count). The molecule has 2 aromatic carbocycles. The third-order valence-corrected chi connectivity index (χ3v) is 4.76. The van der Waals surface area contributed by atoms with E-state index in [1.807, 2.05) is 12.1 Å². The Morgan fingerprint density at radius 1 is 1.00 bits per heavy atom. The largest absolute Gasteiger partial charge is 0.496 e. The minimum Gasteiger partial charge on any atom is -0.496 e. The van der Waals surface area contributed by atoms with Gasteiger partial charge in [0.15, 0.2) is 5.60 Å². The average Bonchev–Trinajstić information content (AvgIpc) is 2.65. The van der Waals surface area contributed by atoms with Crippen molar-refractivity contribution in [1.29, 1.82) is 0 Å². The number of ether oxygens (including phenoxy) is 1. The lowest BCUT2D eigenvalue weighted by Crippen LogP contribution is -2.46. The molecular weight excluding hydrogens is 343 g/mol. The van der Waals surface area contributed by atoms with Gasteiger partial charge in [-0.25, -0.2) is 0 Å². The van der Waals surface area contributed by atoms with Gasteiger partial charge in [-0.2, -0.15) is 13.2 Å². The predicted octanol–water partition coefficient (Wildman–Crippen LogP) is 4.80. The van der Waals surface area contributed by atoms with Gasteiger partial charge in [0.1, 0.15) is 5.75 Å². The molecule has 0 fully saturated rings. The molecule has 2 atom stereocenters. The van der Waals surface area contributed by atoms with E-state index in [2.05, 4.69) is 4.98 Å². The minimum atomic E-state index is -4.89. The van der Waals surface area contributed by atoms with E-state index in [1.165, 1.54) is 38.6 Å². The Kier molecular flexibility index (Phi) is 4.63. The van der Waals surface area contributed by atoms with Crippen molar-refractivity contribution in [1.82, 2.24) is 4.98 Å².